The summed E-state index contributed by atoms with van der Waals surface area (Å²) in [5.41, 5.74) is 2.10. The molecule has 0 aliphatic carbocycles. The van der Waals surface area contributed by atoms with Crippen molar-refractivity contribution < 1.29 is 19.1 Å². The Morgan fingerprint density at radius 2 is 1.58 bits per heavy atom. The molecule has 2 unspecified atom stereocenters. The molecule has 204 valence electrons. The maximum atomic E-state index is 13.7. The second-order valence-corrected chi connectivity index (χ2v) is 10.8. The van der Waals surface area contributed by atoms with E-state index in [1.807, 2.05) is 39.0 Å². The number of alkyl carbamates (subject to hydrolysis) is 1. The van der Waals surface area contributed by atoms with Crippen LogP contribution in [-0.2, 0) is 14.3 Å². The van der Waals surface area contributed by atoms with Crippen LogP contribution in [0, 0.1) is 13.8 Å². The van der Waals surface area contributed by atoms with Gasteiger partial charge < -0.3 is 20.3 Å². The molecule has 0 heterocycles. The predicted molar refractivity (Wildman–Crippen MR) is 146 cm³/mol. The molecule has 1 aromatic carbocycles. The van der Waals surface area contributed by atoms with Crippen LogP contribution in [0.5, 0.6) is 0 Å². The van der Waals surface area contributed by atoms with E-state index in [-0.39, 0.29) is 24.4 Å². The van der Waals surface area contributed by atoms with Gasteiger partial charge in [0.15, 0.2) is 0 Å². The first-order valence-electron chi connectivity index (χ1n) is 13.5. The molecule has 7 heteroatoms. The zero-order valence-corrected chi connectivity index (χ0v) is 23.8. The summed E-state index contributed by atoms with van der Waals surface area (Å²) in [6, 6.07) is 5.13. The van der Waals surface area contributed by atoms with Crippen molar-refractivity contribution in [3.8, 4) is 0 Å². The van der Waals surface area contributed by atoms with Crippen molar-refractivity contribution in [2.45, 2.75) is 118 Å². The lowest BCUT2D eigenvalue weighted by Crippen LogP contribution is -2.49. The highest BCUT2D eigenvalue weighted by Crippen LogP contribution is 2.29. The van der Waals surface area contributed by atoms with E-state index in [1.54, 1.807) is 25.7 Å². The van der Waals surface area contributed by atoms with Crippen LogP contribution in [0.25, 0.3) is 0 Å². The van der Waals surface area contributed by atoms with Gasteiger partial charge in [0.1, 0.15) is 18.2 Å². The lowest BCUT2D eigenvalue weighted by Gasteiger charge is -2.34. The molecule has 1 aromatic rings. The van der Waals surface area contributed by atoms with Crippen molar-refractivity contribution >= 4 is 17.9 Å². The summed E-state index contributed by atoms with van der Waals surface area (Å²) in [5.74, 6) is -0.491. The molecule has 36 heavy (non-hydrogen) atoms. The summed E-state index contributed by atoms with van der Waals surface area (Å²) in [5, 5.41) is 5.71. The molecule has 2 N–H and O–H groups in total. The molecule has 0 fully saturated rings. The van der Waals surface area contributed by atoms with E-state index in [2.05, 4.69) is 24.5 Å². The Balaban J connectivity index is 3.30. The molecule has 0 aromatic heterocycles. The summed E-state index contributed by atoms with van der Waals surface area (Å²) in [7, 11) is 0. The maximum Gasteiger partial charge on any atom is 0.408 e. The van der Waals surface area contributed by atoms with Crippen LogP contribution >= 0.6 is 0 Å². The van der Waals surface area contributed by atoms with Gasteiger partial charge in [-0.1, -0.05) is 64.2 Å². The Hall–Kier alpha value is -2.57. The zero-order valence-electron chi connectivity index (χ0n) is 23.8. The van der Waals surface area contributed by atoms with E-state index in [4.69, 9.17) is 4.74 Å². The topological polar surface area (TPSA) is 87.7 Å². The molecule has 2 atom stereocenters. The molecular weight excluding hydrogens is 454 g/mol. The van der Waals surface area contributed by atoms with Crippen molar-refractivity contribution in [1.82, 2.24) is 15.5 Å². The number of hydrogen-bond donors (Lipinski definition) is 2. The van der Waals surface area contributed by atoms with E-state index in [9.17, 15) is 14.4 Å². The highest BCUT2D eigenvalue weighted by Gasteiger charge is 2.34. The van der Waals surface area contributed by atoms with Gasteiger partial charge in [-0.3, -0.25) is 9.59 Å². The molecule has 0 spiro atoms. The monoisotopic (exact) mass is 503 g/mol. The van der Waals surface area contributed by atoms with Crippen molar-refractivity contribution in [3.63, 3.8) is 0 Å². The van der Waals surface area contributed by atoms with Crippen LogP contribution in [-0.4, -0.2) is 47.5 Å². The third-order valence-corrected chi connectivity index (χ3v) is 6.09. The zero-order chi connectivity index (χ0) is 27.3. The SMILES string of the molecule is CCCCCCCN(C(=O)CNC(=O)OC(C)(C)C)C(C(=O)NC(C)CCC)c1c(C)cccc1C. The second kappa shape index (κ2) is 15.5. The largest absolute Gasteiger partial charge is 0.444 e. The number of aryl methyl sites for hydroxylation is 2. The number of hydrogen-bond acceptors (Lipinski definition) is 4. The van der Waals surface area contributed by atoms with Crippen LogP contribution in [0.4, 0.5) is 4.79 Å². The van der Waals surface area contributed by atoms with Crippen LogP contribution in [0.15, 0.2) is 18.2 Å². The number of rotatable bonds is 14. The Morgan fingerprint density at radius 3 is 2.14 bits per heavy atom. The molecule has 0 bridgehead atoms. The first-order valence-corrected chi connectivity index (χ1v) is 13.5. The first kappa shape index (κ1) is 31.5. The summed E-state index contributed by atoms with van der Waals surface area (Å²) in [4.78, 5) is 41.2. The third kappa shape index (κ3) is 11.0. The standard InChI is InChI=1S/C29H49N3O4/c1-9-11-12-13-14-19-32(24(33)20-30-28(35)36-29(6,7)8)26(27(34)31-23(5)16-10-2)25-21(3)17-15-18-22(25)4/h15,17-18,23,26H,9-14,16,19-20H2,1-8H3,(H,30,35)(H,31,34). The summed E-state index contributed by atoms with van der Waals surface area (Å²) in [6.07, 6.45) is 6.29. The molecule has 7 nitrogen and oxygen atoms in total. The minimum Gasteiger partial charge on any atom is -0.444 e. The summed E-state index contributed by atoms with van der Waals surface area (Å²) >= 11 is 0. The molecule has 0 saturated heterocycles. The van der Waals surface area contributed by atoms with E-state index < -0.39 is 17.7 Å². The molecule has 1 rings (SSSR count). The van der Waals surface area contributed by atoms with Crippen molar-refractivity contribution in [3.05, 3.63) is 34.9 Å². The van der Waals surface area contributed by atoms with Gasteiger partial charge in [0, 0.05) is 12.6 Å². The van der Waals surface area contributed by atoms with Gasteiger partial charge in [-0.15, -0.1) is 0 Å². The Morgan fingerprint density at radius 1 is 0.972 bits per heavy atom. The van der Waals surface area contributed by atoms with Gasteiger partial charge in [-0.2, -0.15) is 0 Å². The fourth-order valence-corrected chi connectivity index (χ4v) is 4.36. The first-order chi connectivity index (χ1) is 16.9. The normalized spacial score (nSPS) is 13.0. The highest BCUT2D eigenvalue weighted by atomic mass is 16.6. The lowest BCUT2D eigenvalue weighted by atomic mass is 9.93. The molecule has 0 aliphatic rings. The van der Waals surface area contributed by atoms with Gasteiger partial charge in [0.2, 0.25) is 11.8 Å². The quantitative estimate of drug-likeness (QED) is 0.306. The summed E-state index contributed by atoms with van der Waals surface area (Å²) in [6.45, 7) is 15.7. The van der Waals surface area contributed by atoms with Gasteiger partial charge in [0.05, 0.1) is 0 Å². The van der Waals surface area contributed by atoms with Crippen LogP contribution in [0.3, 0.4) is 0 Å². The minimum atomic E-state index is -0.774. The number of unbranched alkanes of at least 4 members (excludes halogenated alkanes) is 4. The van der Waals surface area contributed by atoms with Crippen molar-refractivity contribution in [2.75, 3.05) is 13.1 Å². The molecular formula is C29H49N3O4. The van der Waals surface area contributed by atoms with Crippen molar-refractivity contribution in [1.29, 1.82) is 0 Å². The fraction of sp³-hybridized carbons (Fsp3) is 0.690. The highest BCUT2D eigenvalue weighted by molar-refractivity contribution is 5.91. The van der Waals surface area contributed by atoms with Gasteiger partial charge >= 0.3 is 6.09 Å². The molecule has 0 saturated carbocycles. The average molecular weight is 504 g/mol. The molecule has 0 aliphatic heterocycles. The number of ether oxygens (including phenoxy) is 1. The van der Waals surface area contributed by atoms with E-state index >= 15 is 0 Å². The third-order valence-electron chi connectivity index (χ3n) is 6.09. The maximum absolute atomic E-state index is 13.7. The lowest BCUT2D eigenvalue weighted by molar-refractivity contribution is -0.140. The van der Waals surface area contributed by atoms with E-state index in [1.165, 1.54) is 0 Å². The number of carbonyl (C=O) groups excluding carboxylic acids is 3. The number of benzene rings is 1. The Bertz CT molecular complexity index is 827. The predicted octanol–water partition coefficient (Wildman–Crippen LogP) is 5.97. The van der Waals surface area contributed by atoms with Gasteiger partial charge in [-0.05, 0) is 71.1 Å². The number of amides is 3. The molecule has 3 amide bonds. The van der Waals surface area contributed by atoms with E-state index in [0.717, 1.165) is 61.6 Å². The molecule has 0 radical (unpaired) electrons. The van der Waals surface area contributed by atoms with Gasteiger partial charge in [-0.25, -0.2) is 4.79 Å². The second-order valence-electron chi connectivity index (χ2n) is 10.8. The van der Waals surface area contributed by atoms with Crippen LogP contribution in [0.1, 0.15) is 109 Å². The van der Waals surface area contributed by atoms with Gasteiger partial charge in [0.25, 0.3) is 0 Å². The Labute approximate surface area is 218 Å². The van der Waals surface area contributed by atoms with E-state index in [0.29, 0.717) is 6.54 Å². The fourth-order valence-electron chi connectivity index (χ4n) is 4.36. The summed E-state index contributed by atoms with van der Waals surface area (Å²) < 4.78 is 5.30. The minimum absolute atomic E-state index is 0.00396. The van der Waals surface area contributed by atoms with Crippen LogP contribution < -0.4 is 10.6 Å². The number of nitrogens with zero attached hydrogens (tertiary/aromatic N) is 1. The Kier molecular flexibility index (Phi) is 13.6. The van der Waals surface area contributed by atoms with Crippen LogP contribution in [0.2, 0.25) is 0 Å². The number of nitrogens with one attached hydrogen (secondary N) is 2. The average Bonchev–Trinajstić information content (AvgIpc) is 2.77. The van der Waals surface area contributed by atoms with Crippen molar-refractivity contribution in [2.24, 2.45) is 0 Å². The smallest absolute Gasteiger partial charge is 0.408 e. The number of carbonyl (C=O) groups is 3.